The summed E-state index contributed by atoms with van der Waals surface area (Å²) in [6, 6.07) is 4.55. The van der Waals surface area contributed by atoms with E-state index in [0.29, 0.717) is 22.6 Å². The highest BCUT2D eigenvalue weighted by Crippen LogP contribution is 2.29. The van der Waals surface area contributed by atoms with Crippen LogP contribution in [0, 0.1) is 0 Å². The van der Waals surface area contributed by atoms with Crippen molar-refractivity contribution >= 4 is 37.6 Å². The third-order valence-corrected chi connectivity index (χ3v) is 6.51. The van der Waals surface area contributed by atoms with Gasteiger partial charge >= 0.3 is 0 Å². The Bertz CT molecular complexity index is 593. The fourth-order valence-electron chi connectivity index (χ4n) is 2.20. The molecule has 4 nitrogen and oxygen atoms in total. The third kappa shape index (κ3) is 3.20. The van der Waals surface area contributed by atoms with E-state index in [1.165, 1.54) is 10.4 Å². The topological polar surface area (TPSA) is 46.6 Å². The molecular weight excluding hydrogens is 366 g/mol. The van der Waals surface area contributed by atoms with Crippen LogP contribution in [0.1, 0.15) is 20.3 Å². The Kier molecular flexibility index (Phi) is 5.13. The molecule has 2 unspecified atom stereocenters. The van der Waals surface area contributed by atoms with Crippen molar-refractivity contribution in [2.45, 2.75) is 37.3 Å². The van der Waals surface area contributed by atoms with E-state index < -0.39 is 10.0 Å². The Labute approximate surface area is 133 Å². The molecule has 2 rings (SSSR count). The molecule has 0 spiro atoms. The lowest BCUT2D eigenvalue weighted by molar-refractivity contribution is -0.0230. The van der Waals surface area contributed by atoms with Crippen LogP contribution < -0.4 is 0 Å². The summed E-state index contributed by atoms with van der Waals surface area (Å²) < 4.78 is 33.2. The van der Waals surface area contributed by atoms with Crippen LogP contribution in [0.2, 0.25) is 5.02 Å². The normalized spacial score (nSPS) is 24.8. The largest absolute Gasteiger partial charge is 0.375 e. The van der Waals surface area contributed by atoms with Crippen molar-refractivity contribution < 1.29 is 13.2 Å². The third-order valence-electron chi connectivity index (χ3n) is 3.39. The minimum atomic E-state index is -3.53. The van der Waals surface area contributed by atoms with E-state index in [0.717, 1.165) is 6.42 Å². The van der Waals surface area contributed by atoms with E-state index in [1.54, 1.807) is 12.1 Å². The summed E-state index contributed by atoms with van der Waals surface area (Å²) in [6.07, 6.45) is 0.629. The molecule has 7 heteroatoms. The van der Waals surface area contributed by atoms with E-state index in [2.05, 4.69) is 15.9 Å². The summed E-state index contributed by atoms with van der Waals surface area (Å²) in [5.74, 6) is 0. The van der Waals surface area contributed by atoms with E-state index >= 15 is 0 Å². The van der Waals surface area contributed by atoms with Gasteiger partial charge in [0, 0.05) is 17.1 Å². The molecule has 0 aromatic heterocycles. The molecule has 112 valence electrons. The minimum Gasteiger partial charge on any atom is -0.375 e. The van der Waals surface area contributed by atoms with E-state index in [4.69, 9.17) is 16.3 Å². The Hall–Kier alpha value is -0.140. The molecule has 1 heterocycles. The van der Waals surface area contributed by atoms with Crippen molar-refractivity contribution in [1.82, 2.24) is 4.31 Å². The molecule has 20 heavy (non-hydrogen) atoms. The van der Waals surface area contributed by atoms with Crippen LogP contribution in [0.15, 0.2) is 27.6 Å². The maximum Gasteiger partial charge on any atom is 0.243 e. The summed E-state index contributed by atoms with van der Waals surface area (Å²) >= 11 is 9.19. The van der Waals surface area contributed by atoms with Crippen LogP contribution >= 0.6 is 27.5 Å². The highest BCUT2D eigenvalue weighted by Gasteiger charge is 2.35. The predicted molar refractivity (Wildman–Crippen MR) is 82.5 cm³/mol. The minimum absolute atomic E-state index is 0.0942. The molecule has 0 amide bonds. The van der Waals surface area contributed by atoms with Gasteiger partial charge < -0.3 is 4.74 Å². The van der Waals surface area contributed by atoms with Gasteiger partial charge in [-0.3, -0.25) is 0 Å². The lowest BCUT2D eigenvalue weighted by atomic mass is 10.2. The van der Waals surface area contributed by atoms with E-state index in [-0.39, 0.29) is 17.0 Å². The molecule has 1 aromatic carbocycles. The van der Waals surface area contributed by atoms with Crippen LogP contribution in [-0.4, -0.2) is 38.0 Å². The Morgan fingerprint density at radius 2 is 2.20 bits per heavy atom. The van der Waals surface area contributed by atoms with Crippen molar-refractivity contribution in [2.75, 3.05) is 13.2 Å². The molecule has 0 saturated carbocycles. The second kappa shape index (κ2) is 6.32. The van der Waals surface area contributed by atoms with Crippen LogP contribution in [0.25, 0.3) is 0 Å². The van der Waals surface area contributed by atoms with E-state index in [1.807, 2.05) is 13.8 Å². The number of sulfonamides is 1. The van der Waals surface area contributed by atoms with E-state index in [9.17, 15) is 8.42 Å². The van der Waals surface area contributed by atoms with Gasteiger partial charge in [0.15, 0.2) is 0 Å². The van der Waals surface area contributed by atoms with Crippen molar-refractivity contribution in [2.24, 2.45) is 0 Å². The maximum absolute atomic E-state index is 12.8. The quantitative estimate of drug-likeness (QED) is 0.806. The SMILES string of the molecule is CCC1COC(C)CN1S(=O)(=O)c1ccc(Cl)c(Br)c1. The summed E-state index contributed by atoms with van der Waals surface area (Å²) in [6.45, 7) is 4.66. The van der Waals surface area contributed by atoms with Crippen LogP contribution in [0.5, 0.6) is 0 Å². The molecule has 1 aliphatic rings. The summed E-state index contributed by atoms with van der Waals surface area (Å²) in [5.41, 5.74) is 0. The lowest BCUT2D eigenvalue weighted by Gasteiger charge is -2.37. The number of nitrogens with zero attached hydrogens (tertiary/aromatic N) is 1. The average Bonchev–Trinajstić information content (AvgIpc) is 2.41. The van der Waals surface area contributed by atoms with Crippen LogP contribution in [-0.2, 0) is 14.8 Å². The smallest absolute Gasteiger partial charge is 0.243 e. The number of rotatable bonds is 3. The van der Waals surface area contributed by atoms with Crippen LogP contribution in [0.4, 0.5) is 0 Å². The lowest BCUT2D eigenvalue weighted by Crippen LogP contribution is -2.51. The molecule has 0 N–H and O–H groups in total. The first-order valence-corrected chi connectivity index (χ1v) is 9.06. The molecule has 1 saturated heterocycles. The number of hydrogen-bond donors (Lipinski definition) is 0. The van der Waals surface area contributed by atoms with Crippen molar-refractivity contribution in [3.8, 4) is 0 Å². The monoisotopic (exact) mass is 381 g/mol. The molecular formula is C13H17BrClNO3S. The first kappa shape index (κ1) is 16.2. The summed E-state index contributed by atoms with van der Waals surface area (Å²) in [5, 5.41) is 0.492. The average molecular weight is 383 g/mol. The highest BCUT2D eigenvalue weighted by molar-refractivity contribution is 9.10. The highest BCUT2D eigenvalue weighted by atomic mass is 79.9. The molecule has 2 atom stereocenters. The predicted octanol–water partition coefficient (Wildman–Crippen LogP) is 3.29. The number of hydrogen-bond acceptors (Lipinski definition) is 3. The van der Waals surface area contributed by atoms with Gasteiger partial charge in [-0.2, -0.15) is 4.31 Å². The second-order valence-corrected chi connectivity index (χ2v) is 8.01. The standard InChI is InChI=1S/C13H17BrClNO3S/c1-3-10-8-19-9(2)7-16(10)20(17,18)11-4-5-13(15)12(14)6-11/h4-6,9-10H,3,7-8H2,1-2H3. The molecule has 1 aliphatic heterocycles. The molecule has 0 bridgehead atoms. The Morgan fingerprint density at radius 3 is 2.80 bits per heavy atom. The van der Waals surface area contributed by atoms with Gasteiger partial charge in [0.1, 0.15) is 0 Å². The van der Waals surface area contributed by atoms with Gasteiger partial charge in [-0.25, -0.2) is 8.42 Å². The van der Waals surface area contributed by atoms with Crippen LogP contribution in [0.3, 0.4) is 0 Å². The zero-order valence-electron chi connectivity index (χ0n) is 11.3. The van der Waals surface area contributed by atoms with Gasteiger partial charge in [0.25, 0.3) is 0 Å². The Morgan fingerprint density at radius 1 is 1.50 bits per heavy atom. The maximum atomic E-state index is 12.8. The van der Waals surface area contributed by atoms with Crippen molar-refractivity contribution in [1.29, 1.82) is 0 Å². The van der Waals surface area contributed by atoms with Gasteiger partial charge in [-0.1, -0.05) is 18.5 Å². The molecule has 0 aliphatic carbocycles. The second-order valence-electron chi connectivity index (χ2n) is 4.86. The fourth-order valence-corrected chi connectivity index (χ4v) is 4.64. The Balaban J connectivity index is 2.39. The summed E-state index contributed by atoms with van der Waals surface area (Å²) in [4.78, 5) is 0.251. The number of benzene rings is 1. The molecule has 1 aromatic rings. The van der Waals surface area contributed by atoms with Crippen molar-refractivity contribution in [3.05, 3.63) is 27.7 Å². The van der Waals surface area contributed by atoms with Gasteiger partial charge in [0.05, 0.1) is 22.6 Å². The fraction of sp³-hybridized carbons (Fsp3) is 0.538. The van der Waals surface area contributed by atoms with Gasteiger partial charge in [-0.05, 0) is 47.5 Å². The van der Waals surface area contributed by atoms with Gasteiger partial charge in [0.2, 0.25) is 10.0 Å². The number of morpholine rings is 1. The zero-order valence-corrected chi connectivity index (χ0v) is 14.5. The first-order valence-electron chi connectivity index (χ1n) is 6.44. The molecule has 1 fully saturated rings. The number of halogens is 2. The van der Waals surface area contributed by atoms with Crippen molar-refractivity contribution in [3.63, 3.8) is 0 Å². The first-order chi connectivity index (χ1) is 9.36. The summed E-state index contributed by atoms with van der Waals surface area (Å²) in [7, 11) is -3.53. The van der Waals surface area contributed by atoms with Gasteiger partial charge in [-0.15, -0.1) is 0 Å². The zero-order chi connectivity index (χ0) is 14.9. The molecule has 0 radical (unpaired) electrons. The number of ether oxygens (including phenoxy) is 1.